The van der Waals surface area contributed by atoms with Gasteiger partial charge in [-0.1, -0.05) is 29.8 Å². The van der Waals surface area contributed by atoms with Crippen LogP contribution in [-0.4, -0.2) is 4.98 Å². The van der Waals surface area contributed by atoms with E-state index < -0.39 is 0 Å². The van der Waals surface area contributed by atoms with Crippen LogP contribution >= 0.6 is 0 Å². The summed E-state index contributed by atoms with van der Waals surface area (Å²) < 4.78 is 0. The van der Waals surface area contributed by atoms with Crippen molar-refractivity contribution < 1.29 is 0 Å². The maximum absolute atomic E-state index is 5.69. The van der Waals surface area contributed by atoms with E-state index in [4.69, 9.17) is 5.73 Å². The number of hydrogen-bond acceptors (Lipinski definition) is 3. The predicted molar refractivity (Wildman–Crippen MR) is 71.9 cm³/mol. The molecule has 0 aliphatic heterocycles. The third kappa shape index (κ3) is 2.97. The molecule has 2 aromatic rings. The lowest BCUT2D eigenvalue weighted by molar-refractivity contribution is 0.882. The molecule has 1 atom stereocenters. The van der Waals surface area contributed by atoms with Gasteiger partial charge in [0.25, 0.3) is 0 Å². The van der Waals surface area contributed by atoms with Gasteiger partial charge in [0, 0.05) is 12.2 Å². The van der Waals surface area contributed by atoms with Crippen LogP contribution in [0, 0.1) is 6.92 Å². The van der Waals surface area contributed by atoms with Crippen LogP contribution in [0.15, 0.2) is 42.7 Å². The number of benzene rings is 1. The van der Waals surface area contributed by atoms with E-state index in [-0.39, 0.29) is 6.04 Å². The summed E-state index contributed by atoms with van der Waals surface area (Å²) in [4.78, 5) is 4.06. The molecule has 0 bridgehead atoms. The van der Waals surface area contributed by atoms with Crippen molar-refractivity contribution >= 4 is 11.4 Å². The van der Waals surface area contributed by atoms with Gasteiger partial charge < -0.3 is 11.1 Å². The quantitative estimate of drug-likeness (QED) is 0.847. The van der Waals surface area contributed by atoms with Gasteiger partial charge in [-0.25, -0.2) is 0 Å². The fraction of sp³-hybridized carbons (Fsp3) is 0.214. The molecule has 0 fully saturated rings. The number of nitrogens with zero attached hydrogens (tertiary/aromatic N) is 1. The molecular weight excluding hydrogens is 210 g/mol. The van der Waals surface area contributed by atoms with E-state index in [2.05, 4.69) is 48.4 Å². The Balaban J connectivity index is 2.11. The average Bonchev–Trinajstić information content (AvgIpc) is 2.29. The lowest BCUT2D eigenvalue weighted by atomic mass is 10.1. The number of hydrogen-bond donors (Lipinski definition) is 2. The number of aryl methyl sites for hydroxylation is 1. The second-order valence-corrected chi connectivity index (χ2v) is 4.28. The smallest absolute Gasteiger partial charge is 0.0552 e. The Morgan fingerprint density at radius 2 is 1.88 bits per heavy atom. The molecule has 3 N–H and O–H groups in total. The number of nitrogens with two attached hydrogens (primary N) is 1. The number of anilines is 2. The molecule has 1 heterocycles. The molecule has 0 aliphatic rings. The van der Waals surface area contributed by atoms with E-state index >= 15 is 0 Å². The molecule has 1 unspecified atom stereocenters. The minimum Gasteiger partial charge on any atom is -0.397 e. The molecule has 88 valence electrons. The first-order valence-electron chi connectivity index (χ1n) is 5.69. The van der Waals surface area contributed by atoms with Crippen LogP contribution in [-0.2, 0) is 0 Å². The van der Waals surface area contributed by atoms with E-state index in [1.165, 1.54) is 11.1 Å². The van der Waals surface area contributed by atoms with Crippen LogP contribution in [0.3, 0.4) is 0 Å². The summed E-state index contributed by atoms with van der Waals surface area (Å²) in [5.41, 5.74) is 9.82. The number of nitrogens with one attached hydrogen (secondary N) is 1. The zero-order valence-electron chi connectivity index (χ0n) is 10.1. The lowest BCUT2D eigenvalue weighted by Crippen LogP contribution is -2.07. The summed E-state index contributed by atoms with van der Waals surface area (Å²) in [6, 6.07) is 10.6. The third-order valence-corrected chi connectivity index (χ3v) is 2.72. The number of pyridine rings is 1. The molecule has 0 radical (unpaired) electrons. The van der Waals surface area contributed by atoms with Gasteiger partial charge in [0.15, 0.2) is 0 Å². The molecule has 0 spiro atoms. The van der Waals surface area contributed by atoms with Crippen molar-refractivity contribution in [3.63, 3.8) is 0 Å². The molecule has 17 heavy (non-hydrogen) atoms. The Kier molecular flexibility index (Phi) is 3.28. The van der Waals surface area contributed by atoms with Crippen molar-refractivity contribution in [2.24, 2.45) is 0 Å². The zero-order valence-corrected chi connectivity index (χ0v) is 10.1. The highest BCUT2D eigenvalue weighted by Crippen LogP contribution is 2.20. The molecule has 3 nitrogen and oxygen atoms in total. The second-order valence-electron chi connectivity index (χ2n) is 4.28. The fourth-order valence-corrected chi connectivity index (χ4v) is 1.73. The molecule has 0 amide bonds. The summed E-state index contributed by atoms with van der Waals surface area (Å²) in [5.74, 6) is 0. The van der Waals surface area contributed by atoms with Crippen molar-refractivity contribution in [2.75, 3.05) is 11.1 Å². The molecule has 1 aromatic heterocycles. The van der Waals surface area contributed by atoms with Crippen molar-refractivity contribution in [1.29, 1.82) is 0 Å². The van der Waals surface area contributed by atoms with E-state index in [1.54, 1.807) is 12.4 Å². The normalized spacial score (nSPS) is 12.1. The van der Waals surface area contributed by atoms with Crippen LogP contribution in [0.5, 0.6) is 0 Å². The summed E-state index contributed by atoms with van der Waals surface area (Å²) in [5, 5.41) is 3.38. The van der Waals surface area contributed by atoms with Gasteiger partial charge in [0.1, 0.15) is 0 Å². The highest BCUT2D eigenvalue weighted by atomic mass is 14.9. The number of aromatic nitrogens is 1. The second kappa shape index (κ2) is 4.87. The Hall–Kier alpha value is -2.03. The molecular formula is C14H17N3. The lowest BCUT2D eigenvalue weighted by Gasteiger charge is -2.15. The Labute approximate surface area is 102 Å². The Morgan fingerprint density at radius 3 is 2.53 bits per heavy atom. The Bertz CT molecular complexity index is 491. The SMILES string of the molecule is Cc1ccc(C(C)Nc2cncc(N)c2)cc1. The van der Waals surface area contributed by atoms with Crippen molar-refractivity contribution in [2.45, 2.75) is 19.9 Å². The standard InChI is InChI=1S/C14H17N3/c1-10-3-5-12(6-4-10)11(2)17-14-7-13(15)8-16-9-14/h3-9,11,17H,15H2,1-2H3. The Morgan fingerprint density at radius 1 is 1.18 bits per heavy atom. The molecule has 0 saturated carbocycles. The first-order chi connectivity index (χ1) is 8.15. The monoisotopic (exact) mass is 227 g/mol. The van der Waals surface area contributed by atoms with E-state index in [9.17, 15) is 0 Å². The first-order valence-corrected chi connectivity index (χ1v) is 5.69. The van der Waals surface area contributed by atoms with Gasteiger partial charge in [-0.3, -0.25) is 4.98 Å². The maximum Gasteiger partial charge on any atom is 0.0552 e. The minimum atomic E-state index is 0.235. The van der Waals surface area contributed by atoms with Gasteiger partial charge in [-0.05, 0) is 25.5 Å². The topological polar surface area (TPSA) is 50.9 Å². The largest absolute Gasteiger partial charge is 0.397 e. The number of rotatable bonds is 3. The minimum absolute atomic E-state index is 0.235. The van der Waals surface area contributed by atoms with E-state index in [1.807, 2.05) is 6.07 Å². The van der Waals surface area contributed by atoms with Crippen LogP contribution in [0.4, 0.5) is 11.4 Å². The third-order valence-electron chi connectivity index (χ3n) is 2.72. The first kappa shape index (κ1) is 11.5. The van der Waals surface area contributed by atoms with Crippen LogP contribution in [0.1, 0.15) is 24.1 Å². The average molecular weight is 227 g/mol. The molecule has 2 rings (SSSR count). The van der Waals surface area contributed by atoms with Gasteiger partial charge in [-0.2, -0.15) is 0 Å². The van der Waals surface area contributed by atoms with Crippen LogP contribution in [0.25, 0.3) is 0 Å². The van der Waals surface area contributed by atoms with Gasteiger partial charge in [0.2, 0.25) is 0 Å². The highest BCUT2D eigenvalue weighted by Gasteiger charge is 2.05. The van der Waals surface area contributed by atoms with Crippen molar-refractivity contribution in [1.82, 2.24) is 4.98 Å². The molecule has 3 heteroatoms. The van der Waals surface area contributed by atoms with Gasteiger partial charge in [-0.15, -0.1) is 0 Å². The summed E-state index contributed by atoms with van der Waals surface area (Å²) in [6.07, 6.45) is 3.42. The molecule has 1 aromatic carbocycles. The maximum atomic E-state index is 5.69. The fourth-order valence-electron chi connectivity index (χ4n) is 1.73. The number of nitrogen functional groups attached to an aromatic ring is 1. The summed E-state index contributed by atoms with van der Waals surface area (Å²) in [7, 11) is 0. The van der Waals surface area contributed by atoms with Crippen LogP contribution < -0.4 is 11.1 Å². The van der Waals surface area contributed by atoms with Crippen LogP contribution in [0.2, 0.25) is 0 Å². The van der Waals surface area contributed by atoms with Gasteiger partial charge in [0.05, 0.1) is 17.6 Å². The van der Waals surface area contributed by atoms with Gasteiger partial charge >= 0.3 is 0 Å². The summed E-state index contributed by atoms with van der Waals surface area (Å²) >= 11 is 0. The summed E-state index contributed by atoms with van der Waals surface area (Å²) in [6.45, 7) is 4.21. The predicted octanol–water partition coefficient (Wildman–Crippen LogP) is 3.15. The van der Waals surface area contributed by atoms with E-state index in [0.29, 0.717) is 5.69 Å². The van der Waals surface area contributed by atoms with E-state index in [0.717, 1.165) is 5.69 Å². The van der Waals surface area contributed by atoms with Crippen molar-refractivity contribution in [3.05, 3.63) is 53.9 Å². The molecule has 0 aliphatic carbocycles. The molecule has 0 saturated heterocycles. The van der Waals surface area contributed by atoms with Crippen molar-refractivity contribution in [3.8, 4) is 0 Å². The highest BCUT2D eigenvalue weighted by molar-refractivity contribution is 5.52. The zero-order chi connectivity index (χ0) is 12.3.